The summed E-state index contributed by atoms with van der Waals surface area (Å²) in [5.74, 6) is 0. The van der Waals surface area contributed by atoms with Gasteiger partial charge in [0.25, 0.3) is 0 Å². The predicted octanol–water partition coefficient (Wildman–Crippen LogP) is 2.10. The van der Waals surface area contributed by atoms with Gasteiger partial charge in [0.1, 0.15) is 0 Å². The highest BCUT2D eigenvalue weighted by molar-refractivity contribution is 5.07. The van der Waals surface area contributed by atoms with Crippen LogP contribution in [0.25, 0.3) is 0 Å². The van der Waals surface area contributed by atoms with Crippen molar-refractivity contribution >= 4 is 0 Å². The van der Waals surface area contributed by atoms with Gasteiger partial charge in [-0.15, -0.1) is 0 Å². The summed E-state index contributed by atoms with van der Waals surface area (Å²) < 4.78 is 7.74. The topological polar surface area (TPSA) is 39.1 Å². The lowest BCUT2D eigenvalue weighted by molar-refractivity contribution is -0.126. The smallest absolute Gasteiger partial charge is 0.0658 e. The van der Waals surface area contributed by atoms with E-state index in [4.69, 9.17) is 4.74 Å². The van der Waals surface area contributed by atoms with Crippen molar-refractivity contribution in [1.29, 1.82) is 0 Å². The summed E-state index contributed by atoms with van der Waals surface area (Å²) in [5, 5.41) is 7.84. The zero-order chi connectivity index (χ0) is 13.2. The van der Waals surface area contributed by atoms with Gasteiger partial charge >= 0.3 is 0 Å². The summed E-state index contributed by atoms with van der Waals surface area (Å²) in [6.45, 7) is 8.36. The third-order valence-corrected chi connectivity index (χ3v) is 4.56. The monoisotopic (exact) mass is 251 g/mol. The van der Waals surface area contributed by atoms with Crippen molar-refractivity contribution in [3.05, 3.63) is 18.0 Å². The summed E-state index contributed by atoms with van der Waals surface area (Å²) in [5.41, 5.74) is 1.50. The number of nitrogens with one attached hydrogen (secondary N) is 1. The molecule has 3 unspecified atom stereocenters. The first-order chi connectivity index (χ1) is 8.61. The average molecular weight is 251 g/mol. The number of aromatic nitrogens is 2. The highest BCUT2D eigenvalue weighted by Gasteiger charge is 2.50. The third-order valence-electron chi connectivity index (χ3n) is 4.56. The molecule has 4 nitrogen and oxygen atoms in total. The van der Waals surface area contributed by atoms with E-state index in [1.807, 2.05) is 17.9 Å². The maximum atomic E-state index is 5.82. The Bertz CT molecular complexity index is 390. The van der Waals surface area contributed by atoms with Gasteiger partial charge in [0, 0.05) is 37.9 Å². The first-order valence-electron chi connectivity index (χ1n) is 6.93. The summed E-state index contributed by atoms with van der Waals surface area (Å²) in [6, 6.07) is 2.61. The van der Waals surface area contributed by atoms with Crippen LogP contribution in [0.3, 0.4) is 0 Å². The predicted molar refractivity (Wildman–Crippen MR) is 72.3 cm³/mol. The lowest BCUT2D eigenvalue weighted by Crippen LogP contribution is -2.62. The van der Waals surface area contributed by atoms with Crippen LogP contribution >= 0.6 is 0 Å². The Morgan fingerprint density at radius 1 is 1.56 bits per heavy atom. The van der Waals surface area contributed by atoms with E-state index in [-0.39, 0.29) is 5.41 Å². The van der Waals surface area contributed by atoms with Crippen molar-refractivity contribution in [2.75, 3.05) is 6.61 Å². The molecular formula is C14H25N3O. The molecule has 0 aromatic carbocycles. The first kappa shape index (κ1) is 13.6. The third kappa shape index (κ3) is 2.31. The zero-order valence-electron chi connectivity index (χ0n) is 11.9. The zero-order valence-corrected chi connectivity index (χ0v) is 11.9. The van der Waals surface area contributed by atoms with Crippen LogP contribution < -0.4 is 5.32 Å². The molecule has 4 heteroatoms. The van der Waals surface area contributed by atoms with Crippen LogP contribution in [0.2, 0.25) is 0 Å². The number of ether oxygens (including phenoxy) is 1. The highest BCUT2D eigenvalue weighted by atomic mass is 16.5. The van der Waals surface area contributed by atoms with Gasteiger partial charge in [0.15, 0.2) is 0 Å². The summed E-state index contributed by atoms with van der Waals surface area (Å²) in [6.07, 6.45) is 4.54. The molecule has 0 amide bonds. The standard InChI is InChI=1S/C14H25N3O/c1-5-14(3)12(9-13(14)18-6-2)15-10-11-7-8-16-17(11)4/h7-8,12-13,15H,5-6,9-10H2,1-4H3. The second-order valence-electron chi connectivity index (χ2n) is 5.42. The molecule has 1 fully saturated rings. The number of hydrogen-bond acceptors (Lipinski definition) is 3. The van der Waals surface area contributed by atoms with E-state index in [1.54, 1.807) is 0 Å². The number of rotatable bonds is 6. The van der Waals surface area contributed by atoms with E-state index in [2.05, 4.69) is 37.3 Å². The highest BCUT2D eigenvalue weighted by Crippen LogP contribution is 2.45. The fourth-order valence-corrected chi connectivity index (χ4v) is 2.87. The minimum Gasteiger partial charge on any atom is -0.378 e. The molecule has 0 radical (unpaired) electrons. The average Bonchev–Trinajstić information content (AvgIpc) is 2.77. The lowest BCUT2D eigenvalue weighted by atomic mass is 9.61. The van der Waals surface area contributed by atoms with Crippen molar-refractivity contribution < 1.29 is 4.74 Å². The molecule has 1 saturated carbocycles. The second-order valence-corrected chi connectivity index (χ2v) is 5.42. The Labute approximate surface area is 110 Å². The minimum absolute atomic E-state index is 0.272. The number of aryl methyl sites for hydroxylation is 1. The first-order valence-corrected chi connectivity index (χ1v) is 6.93. The number of nitrogens with zero attached hydrogens (tertiary/aromatic N) is 2. The molecule has 1 N–H and O–H groups in total. The molecule has 3 atom stereocenters. The molecular weight excluding hydrogens is 226 g/mol. The minimum atomic E-state index is 0.272. The fraction of sp³-hybridized carbons (Fsp3) is 0.786. The molecule has 102 valence electrons. The molecule has 0 spiro atoms. The molecule has 1 aliphatic carbocycles. The van der Waals surface area contributed by atoms with Crippen molar-refractivity contribution in [1.82, 2.24) is 15.1 Å². The summed E-state index contributed by atoms with van der Waals surface area (Å²) in [4.78, 5) is 0. The Hall–Kier alpha value is -0.870. The molecule has 0 bridgehead atoms. The Morgan fingerprint density at radius 3 is 2.89 bits per heavy atom. The van der Waals surface area contributed by atoms with E-state index >= 15 is 0 Å². The molecule has 1 aliphatic rings. The summed E-state index contributed by atoms with van der Waals surface area (Å²) >= 11 is 0. The van der Waals surface area contributed by atoms with Gasteiger partial charge in [-0.2, -0.15) is 5.10 Å². The molecule has 1 aromatic rings. The van der Waals surface area contributed by atoms with E-state index < -0.39 is 0 Å². The normalized spacial score (nSPS) is 31.3. The SMILES string of the molecule is CCOC1CC(NCc2ccnn2C)C1(C)CC. The molecule has 18 heavy (non-hydrogen) atoms. The Kier molecular flexibility index (Phi) is 4.07. The van der Waals surface area contributed by atoms with Gasteiger partial charge in [0.2, 0.25) is 0 Å². The van der Waals surface area contributed by atoms with E-state index in [1.165, 1.54) is 5.69 Å². The van der Waals surface area contributed by atoms with Crippen molar-refractivity contribution in [3.63, 3.8) is 0 Å². The fourth-order valence-electron chi connectivity index (χ4n) is 2.87. The lowest BCUT2D eigenvalue weighted by Gasteiger charge is -2.53. The maximum Gasteiger partial charge on any atom is 0.0658 e. The Balaban J connectivity index is 1.89. The molecule has 2 rings (SSSR count). The van der Waals surface area contributed by atoms with E-state index in [9.17, 15) is 0 Å². The quantitative estimate of drug-likeness (QED) is 0.841. The number of hydrogen-bond donors (Lipinski definition) is 1. The van der Waals surface area contributed by atoms with Crippen molar-refractivity contribution in [2.24, 2.45) is 12.5 Å². The molecule has 1 heterocycles. The van der Waals surface area contributed by atoms with Gasteiger partial charge < -0.3 is 10.1 Å². The molecule has 0 saturated heterocycles. The van der Waals surface area contributed by atoms with Crippen LogP contribution in [-0.4, -0.2) is 28.5 Å². The van der Waals surface area contributed by atoms with Crippen LogP contribution in [-0.2, 0) is 18.3 Å². The van der Waals surface area contributed by atoms with Crippen LogP contribution in [0.15, 0.2) is 12.3 Å². The Morgan fingerprint density at radius 2 is 2.33 bits per heavy atom. The van der Waals surface area contributed by atoms with Crippen LogP contribution in [0.4, 0.5) is 0 Å². The van der Waals surface area contributed by atoms with Gasteiger partial charge in [-0.25, -0.2) is 0 Å². The maximum absolute atomic E-state index is 5.82. The van der Waals surface area contributed by atoms with Crippen molar-refractivity contribution in [3.8, 4) is 0 Å². The second kappa shape index (κ2) is 5.41. The molecule has 1 aromatic heterocycles. The van der Waals surface area contributed by atoms with Crippen LogP contribution in [0, 0.1) is 5.41 Å². The van der Waals surface area contributed by atoms with Gasteiger partial charge in [-0.3, -0.25) is 4.68 Å². The van der Waals surface area contributed by atoms with Crippen LogP contribution in [0.5, 0.6) is 0 Å². The summed E-state index contributed by atoms with van der Waals surface area (Å²) in [7, 11) is 1.99. The van der Waals surface area contributed by atoms with Crippen LogP contribution in [0.1, 0.15) is 39.3 Å². The van der Waals surface area contributed by atoms with E-state index in [0.717, 1.165) is 26.0 Å². The van der Waals surface area contributed by atoms with Crippen molar-refractivity contribution in [2.45, 2.75) is 52.3 Å². The van der Waals surface area contributed by atoms with E-state index in [0.29, 0.717) is 12.1 Å². The van der Waals surface area contributed by atoms with Gasteiger partial charge in [-0.1, -0.05) is 13.8 Å². The van der Waals surface area contributed by atoms with Gasteiger partial charge in [-0.05, 0) is 25.8 Å². The largest absolute Gasteiger partial charge is 0.378 e. The van der Waals surface area contributed by atoms with Gasteiger partial charge in [0.05, 0.1) is 11.8 Å². The molecule has 0 aliphatic heterocycles.